The van der Waals surface area contributed by atoms with Crippen LogP contribution >= 0.6 is 11.3 Å². The predicted molar refractivity (Wildman–Crippen MR) is 97.4 cm³/mol. The van der Waals surface area contributed by atoms with E-state index in [9.17, 15) is 4.79 Å². The Morgan fingerprint density at radius 2 is 1.91 bits per heavy atom. The quantitative estimate of drug-likeness (QED) is 0.906. The van der Waals surface area contributed by atoms with Crippen LogP contribution in [-0.4, -0.2) is 24.5 Å². The molecule has 5 heteroatoms. The number of rotatable bonds is 5. The van der Waals surface area contributed by atoms with Gasteiger partial charge < -0.3 is 10.2 Å². The van der Waals surface area contributed by atoms with E-state index in [2.05, 4.69) is 36.4 Å². The Labute approximate surface area is 142 Å². The third-order valence-corrected chi connectivity index (χ3v) is 4.52. The largest absolute Gasteiger partial charge is 0.352 e. The van der Waals surface area contributed by atoms with E-state index in [-0.39, 0.29) is 11.3 Å². The number of aromatic nitrogens is 1. The molecule has 0 fully saturated rings. The zero-order valence-corrected chi connectivity index (χ0v) is 15.3. The third-order valence-electron chi connectivity index (χ3n) is 3.56. The lowest BCUT2D eigenvalue weighted by molar-refractivity contribution is 0.0956. The Hall–Kier alpha value is -1.88. The Balaban J connectivity index is 2.04. The van der Waals surface area contributed by atoms with Gasteiger partial charge in [0.15, 0.2) is 5.13 Å². The molecule has 1 N–H and O–H groups in total. The van der Waals surface area contributed by atoms with E-state index in [0.717, 1.165) is 22.9 Å². The maximum absolute atomic E-state index is 11.8. The molecule has 0 aliphatic rings. The number of nitrogens with one attached hydrogen (secondary N) is 1. The normalized spacial score (nSPS) is 11.3. The average molecular weight is 331 g/mol. The number of amides is 1. The summed E-state index contributed by atoms with van der Waals surface area (Å²) in [6.45, 7) is 9.85. The molecule has 0 aliphatic heterocycles. The highest BCUT2D eigenvalue weighted by atomic mass is 32.1. The maximum atomic E-state index is 11.8. The lowest BCUT2D eigenvalue weighted by atomic mass is 9.93. The molecule has 2 rings (SSSR count). The number of benzene rings is 1. The van der Waals surface area contributed by atoms with Crippen molar-refractivity contribution in [3.05, 3.63) is 46.5 Å². The molecular formula is C18H25N3OS. The van der Waals surface area contributed by atoms with Gasteiger partial charge in [0, 0.05) is 36.5 Å². The first-order valence-corrected chi connectivity index (χ1v) is 8.73. The van der Waals surface area contributed by atoms with Crippen LogP contribution in [0.1, 0.15) is 49.3 Å². The number of anilines is 1. The molecule has 124 valence electrons. The van der Waals surface area contributed by atoms with Gasteiger partial charge in [-0.1, -0.05) is 32.9 Å². The summed E-state index contributed by atoms with van der Waals surface area (Å²) >= 11 is 1.67. The van der Waals surface area contributed by atoms with Crippen LogP contribution in [0.2, 0.25) is 0 Å². The van der Waals surface area contributed by atoms with Crippen molar-refractivity contribution in [3.8, 4) is 0 Å². The minimum atomic E-state index is -0.0258. The van der Waals surface area contributed by atoms with Crippen molar-refractivity contribution in [1.82, 2.24) is 10.3 Å². The van der Waals surface area contributed by atoms with E-state index in [1.165, 1.54) is 0 Å². The number of carbonyl (C=O) groups is 1. The predicted octanol–water partition coefficient (Wildman–Crippen LogP) is 3.83. The highest BCUT2D eigenvalue weighted by molar-refractivity contribution is 7.13. The molecule has 0 aliphatic carbocycles. The van der Waals surface area contributed by atoms with E-state index >= 15 is 0 Å². The second-order valence-corrected chi connectivity index (χ2v) is 7.51. The van der Waals surface area contributed by atoms with Crippen molar-refractivity contribution < 1.29 is 4.79 Å². The van der Waals surface area contributed by atoms with Crippen LogP contribution in [0.15, 0.2) is 29.6 Å². The van der Waals surface area contributed by atoms with Gasteiger partial charge >= 0.3 is 0 Å². The topological polar surface area (TPSA) is 45.2 Å². The fourth-order valence-corrected chi connectivity index (χ4v) is 3.17. The van der Waals surface area contributed by atoms with Gasteiger partial charge in [-0.2, -0.15) is 0 Å². The van der Waals surface area contributed by atoms with Crippen LogP contribution in [0.4, 0.5) is 5.13 Å². The standard InChI is InChI=1S/C18H25N3OS/c1-6-19-16(22)14-9-7-13(8-10-14)11-21(5)17-20-15(12-23-17)18(2,3)4/h7-10,12H,6,11H2,1-5H3,(H,19,22). The minimum Gasteiger partial charge on any atom is -0.352 e. The highest BCUT2D eigenvalue weighted by Gasteiger charge is 2.18. The Morgan fingerprint density at radius 1 is 1.26 bits per heavy atom. The summed E-state index contributed by atoms with van der Waals surface area (Å²) in [7, 11) is 2.04. The van der Waals surface area contributed by atoms with E-state index in [0.29, 0.717) is 12.1 Å². The number of hydrogen-bond donors (Lipinski definition) is 1. The molecule has 0 saturated carbocycles. The van der Waals surface area contributed by atoms with Gasteiger partial charge in [-0.05, 0) is 24.6 Å². The smallest absolute Gasteiger partial charge is 0.251 e. The Morgan fingerprint density at radius 3 is 2.43 bits per heavy atom. The van der Waals surface area contributed by atoms with Crippen molar-refractivity contribution >= 4 is 22.4 Å². The van der Waals surface area contributed by atoms with E-state index < -0.39 is 0 Å². The molecule has 1 amide bonds. The monoisotopic (exact) mass is 331 g/mol. The average Bonchev–Trinajstić information content (AvgIpc) is 2.98. The first kappa shape index (κ1) is 17.5. The zero-order chi connectivity index (χ0) is 17.0. The molecule has 0 spiro atoms. The van der Waals surface area contributed by atoms with Crippen LogP contribution in [0.25, 0.3) is 0 Å². The summed E-state index contributed by atoms with van der Waals surface area (Å²) in [6.07, 6.45) is 0. The summed E-state index contributed by atoms with van der Waals surface area (Å²) in [4.78, 5) is 18.6. The Bertz CT molecular complexity index is 656. The van der Waals surface area contributed by atoms with Gasteiger partial charge in [0.2, 0.25) is 0 Å². The molecule has 2 aromatic rings. The minimum absolute atomic E-state index is 0.0258. The lowest BCUT2D eigenvalue weighted by Gasteiger charge is -2.17. The molecule has 0 atom stereocenters. The van der Waals surface area contributed by atoms with Crippen LogP contribution in [0.3, 0.4) is 0 Å². The first-order chi connectivity index (χ1) is 10.8. The summed E-state index contributed by atoms with van der Waals surface area (Å²) in [6, 6.07) is 7.74. The summed E-state index contributed by atoms with van der Waals surface area (Å²) in [5.74, 6) is -0.0258. The van der Waals surface area contributed by atoms with Crippen molar-refractivity contribution in [1.29, 1.82) is 0 Å². The zero-order valence-electron chi connectivity index (χ0n) is 14.5. The summed E-state index contributed by atoms with van der Waals surface area (Å²) in [5.41, 5.74) is 3.05. The fraction of sp³-hybridized carbons (Fsp3) is 0.444. The van der Waals surface area contributed by atoms with Crippen molar-refractivity contribution in [2.24, 2.45) is 0 Å². The molecule has 0 unspecified atom stereocenters. The van der Waals surface area contributed by atoms with Crippen molar-refractivity contribution in [3.63, 3.8) is 0 Å². The summed E-state index contributed by atoms with van der Waals surface area (Å²) < 4.78 is 0. The molecule has 0 bridgehead atoms. The Kier molecular flexibility index (Phi) is 5.42. The lowest BCUT2D eigenvalue weighted by Crippen LogP contribution is -2.22. The molecule has 1 heterocycles. The number of nitrogens with zero attached hydrogens (tertiary/aromatic N) is 2. The molecule has 1 aromatic heterocycles. The SMILES string of the molecule is CCNC(=O)c1ccc(CN(C)c2nc(C(C)(C)C)cs2)cc1. The fourth-order valence-electron chi connectivity index (χ4n) is 2.15. The molecule has 0 radical (unpaired) electrons. The van der Waals surface area contributed by atoms with Crippen LogP contribution in [-0.2, 0) is 12.0 Å². The second-order valence-electron chi connectivity index (χ2n) is 6.68. The van der Waals surface area contributed by atoms with Gasteiger partial charge in [-0.25, -0.2) is 4.98 Å². The first-order valence-electron chi connectivity index (χ1n) is 7.85. The van der Waals surface area contributed by atoms with Crippen LogP contribution in [0.5, 0.6) is 0 Å². The van der Waals surface area contributed by atoms with E-state index in [1.54, 1.807) is 11.3 Å². The molecule has 1 aromatic carbocycles. The molecule has 0 saturated heterocycles. The van der Waals surface area contributed by atoms with Crippen LogP contribution in [0, 0.1) is 0 Å². The van der Waals surface area contributed by atoms with Crippen molar-refractivity contribution in [2.45, 2.75) is 39.7 Å². The van der Waals surface area contributed by atoms with Gasteiger partial charge in [0.1, 0.15) is 0 Å². The molecular weight excluding hydrogens is 306 g/mol. The van der Waals surface area contributed by atoms with E-state index in [4.69, 9.17) is 4.98 Å². The van der Waals surface area contributed by atoms with E-state index in [1.807, 2.05) is 38.2 Å². The molecule has 23 heavy (non-hydrogen) atoms. The third kappa shape index (κ3) is 4.55. The summed E-state index contributed by atoms with van der Waals surface area (Å²) in [5, 5.41) is 5.95. The highest BCUT2D eigenvalue weighted by Crippen LogP contribution is 2.28. The second kappa shape index (κ2) is 7.13. The van der Waals surface area contributed by atoms with Gasteiger partial charge in [0.05, 0.1) is 5.69 Å². The number of carbonyl (C=O) groups excluding carboxylic acids is 1. The van der Waals surface area contributed by atoms with Crippen LogP contribution < -0.4 is 10.2 Å². The van der Waals surface area contributed by atoms with Gasteiger partial charge in [-0.3, -0.25) is 4.79 Å². The van der Waals surface area contributed by atoms with Crippen molar-refractivity contribution in [2.75, 3.05) is 18.5 Å². The van der Waals surface area contributed by atoms with Gasteiger partial charge in [0.25, 0.3) is 5.91 Å². The maximum Gasteiger partial charge on any atom is 0.251 e. The number of hydrogen-bond acceptors (Lipinski definition) is 4. The van der Waals surface area contributed by atoms with Gasteiger partial charge in [-0.15, -0.1) is 11.3 Å². The molecule has 4 nitrogen and oxygen atoms in total. The number of thiazole rings is 1.